The minimum absolute atomic E-state index is 0.255. The molecule has 0 aliphatic heterocycles. The van der Waals surface area contributed by atoms with Crippen molar-refractivity contribution in [1.82, 2.24) is 0 Å². The fraction of sp³-hybridized carbons (Fsp3) is 0.222. The molecule has 0 aromatic heterocycles. The van der Waals surface area contributed by atoms with E-state index in [0.717, 1.165) is 0 Å². The maximum atomic E-state index is 11.5. The number of carbonyl (C=O) groups excluding carboxylic acids is 1. The summed E-state index contributed by atoms with van der Waals surface area (Å²) in [5.74, 6) is -0.255. The summed E-state index contributed by atoms with van der Waals surface area (Å²) in [6.45, 7) is -0.333. The first-order chi connectivity index (χ1) is 6.16. The minimum atomic E-state index is -0.835. The molecule has 1 aromatic rings. The zero-order chi connectivity index (χ0) is 9.84. The summed E-state index contributed by atoms with van der Waals surface area (Å²) in [6, 6.07) is 6.16. The van der Waals surface area contributed by atoms with Crippen molar-refractivity contribution in [3.63, 3.8) is 0 Å². The predicted molar refractivity (Wildman–Crippen MR) is 53.5 cm³/mol. The van der Waals surface area contributed by atoms with Crippen LogP contribution in [0.15, 0.2) is 28.7 Å². The van der Waals surface area contributed by atoms with Crippen molar-refractivity contribution in [3.05, 3.63) is 34.3 Å². The second-order valence-electron chi connectivity index (χ2n) is 2.63. The zero-order valence-electron chi connectivity index (χ0n) is 6.90. The molecule has 0 spiro atoms. The van der Waals surface area contributed by atoms with E-state index in [1.807, 2.05) is 6.07 Å². The lowest BCUT2D eigenvalue weighted by Gasteiger charge is -2.07. The van der Waals surface area contributed by atoms with Crippen LogP contribution in [-0.2, 0) is 0 Å². The molecule has 3 nitrogen and oxygen atoms in total. The lowest BCUT2D eigenvalue weighted by atomic mass is 10.1. The summed E-state index contributed by atoms with van der Waals surface area (Å²) in [5.41, 5.74) is 5.90. The number of hydrogen-bond acceptors (Lipinski definition) is 3. The number of halogens is 1. The largest absolute Gasteiger partial charge is 0.394 e. The van der Waals surface area contributed by atoms with Gasteiger partial charge in [0.05, 0.1) is 12.6 Å². The van der Waals surface area contributed by atoms with E-state index in [2.05, 4.69) is 15.9 Å². The summed E-state index contributed by atoms with van der Waals surface area (Å²) in [4.78, 5) is 11.5. The molecule has 0 radical (unpaired) electrons. The van der Waals surface area contributed by atoms with E-state index < -0.39 is 6.04 Å². The Bertz CT molecular complexity index is 314. The van der Waals surface area contributed by atoms with Crippen LogP contribution in [0.5, 0.6) is 0 Å². The second-order valence-corrected chi connectivity index (χ2v) is 3.49. The summed E-state index contributed by atoms with van der Waals surface area (Å²) < 4.78 is 0.698. The molecule has 0 saturated heterocycles. The molecule has 0 aliphatic rings. The van der Waals surface area contributed by atoms with Crippen molar-refractivity contribution in [2.24, 2.45) is 5.73 Å². The average Bonchev–Trinajstić information content (AvgIpc) is 2.16. The Balaban J connectivity index is 2.95. The van der Waals surface area contributed by atoms with Gasteiger partial charge in [0.25, 0.3) is 0 Å². The van der Waals surface area contributed by atoms with E-state index >= 15 is 0 Å². The number of aliphatic hydroxyl groups excluding tert-OH is 1. The van der Waals surface area contributed by atoms with Crippen LogP contribution >= 0.6 is 15.9 Å². The number of nitrogens with two attached hydrogens (primary N) is 1. The fourth-order valence-corrected chi connectivity index (χ4v) is 1.42. The first-order valence-corrected chi connectivity index (χ1v) is 4.61. The number of ketones is 1. The SMILES string of the molecule is NC(CO)C(=O)c1ccccc1Br. The Morgan fingerprint density at radius 1 is 1.54 bits per heavy atom. The molecule has 1 unspecified atom stereocenters. The number of benzene rings is 1. The van der Waals surface area contributed by atoms with Crippen molar-refractivity contribution in [2.75, 3.05) is 6.61 Å². The molecule has 13 heavy (non-hydrogen) atoms. The molecule has 1 atom stereocenters. The summed E-state index contributed by atoms with van der Waals surface area (Å²) in [7, 11) is 0. The van der Waals surface area contributed by atoms with Crippen LogP contribution in [0.25, 0.3) is 0 Å². The van der Waals surface area contributed by atoms with Gasteiger partial charge in [-0.2, -0.15) is 0 Å². The summed E-state index contributed by atoms with van der Waals surface area (Å²) >= 11 is 3.24. The van der Waals surface area contributed by atoms with Crippen molar-refractivity contribution >= 4 is 21.7 Å². The number of hydrogen-bond donors (Lipinski definition) is 2. The monoisotopic (exact) mass is 243 g/mol. The van der Waals surface area contributed by atoms with Crippen LogP contribution < -0.4 is 5.73 Å². The molecule has 0 amide bonds. The van der Waals surface area contributed by atoms with Gasteiger partial charge < -0.3 is 10.8 Å². The normalized spacial score (nSPS) is 12.5. The highest BCUT2D eigenvalue weighted by Gasteiger charge is 2.16. The molecule has 0 aliphatic carbocycles. The molecule has 1 aromatic carbocycles. The van der Waals surface area contributed by atoms with Gasteiger partial charge in [0.1, 0.15) is 0 Å². The van der Waals surface area contributed by atoms with Gasteiger partial charge in [-0.15, -0.1) is 0 Å². The Labute approximate surface area is 84.7 Å². The maximum Gasteiger partial charge on any atom is 0.182 e. The minimum Gasteiger partial charge on any atom is -0.394 e. The van der Waals surface area contributed by atoms with Gasteiger partial charge >= 0.3 is 0 Å². The molecule has 0 fully saturated rings. The van der Waals surface area contributed by atoms with Crippen molar-refractivity contribution in [2.45, 2.75) is 6.04 Å². The van der Waals surface area contributed by atoms with E-state index in [0.29, 0.717) is 10.0 Å². The molecule has 70 valence electrons. The first kappa shape index (κ1) is 10.4. The quantitative estimate of drug-likeness (QED) is 0.778. The lowest BCUT2D eigenvalue weighted by molar-refractivity contribution is 0.0924. The number of Topliss-reactive ketones (excluding diaryl/α,β-unsaturated/α-hetero) is 1. The van der Waals surface area contributed by atoms with Gasteiger partial charge in [0, 0.05) is 10.0 Å². The highest BCUT2D eigenvalue weighted by Crippen LogP contribution is 2.16. The van der Waals surface area contributed by atoms with E-state index in [1.165, 1.54) is 0 Å². The van der Waals surface area contributed by atoms with Crippen LogP contribution in [0, 0.1) is 0 Å². The van der Waals surface area contributed by atoms with Crippen molar-refractivity contribution in [3.8, 4) is 0 Å². The molecular formula is C9H10BrNO2. The Kier molecular flexibility index (Phi) is 3.59. The molecule has 4 heteroatoms. The topological polar surface area (TPSA) is 63.3 Å². The van der Waals surface area contributed by atoms with Crippen molar-refractivity contribution in [1.29, 1.82) is 0 Å². The van der Waals surface area contributed by atoms with Gasteiger partial charge in [0.15, 0.2) is 5.78 Å². The number of aliphatic hydroxyl groups is 1. The van der Waals surface area contributed by atoms with Crippen LogP contribution in [0.2, 0.25) is 0 Å². The van der Waals surface area contributed by atoms with Crippen LogP contribution in [0.3, 0.4) is 0 Å². The molecular weight excluding hydrogens is 234 g/mol. The third-order valence-electron chi connectivity index (χ3n) is 1.67. The van der Waals surface area contributed by atoms with Gasteiger partial charge in [-0.1, -0.05) is 34.1 Å². The average molecular weight is 244 g/mol. The molecule has 0 heterocycles. The maximum absolute atomic E-state index is 11.5. The zero-order valence-corrected chi connectivity index (χ0v) is 8.49. The highest BCUT2D eigenvalue weighted by atomic mass is 79.9. The molecule has 0 bridgehead atoms. The van der Waals surface area contributed by atoms with E-state index in [9.17, 15) is 4.79 Å². The Hall–Kier alpha value is -0.710. The first-order valence-electron chi connectivity index (χ1n) is 3.82. The third kappa shape index (κ3) is 2.37. The van der Waals surface area contributed by atoms with Crippen molar-refractivity contribution < 1.29 is 9.90 Å². The van der Waals surface area contributed by atoms with Gasteiger partial charge in [-0.05, 0) is 6.07 Å². The third-order valence-corrected chi connectivity index (χ3v) is 2.36. The number of carbonyl (C=O) groups is 1. The second kappa shape index (κ2) is 4.50. The van der Waals surface area contributed by atoms with E-state index in [-0.39, 0.29) is 12.4 Å². The van der Waals surface area contributed by atoms with E-state index in [1.54, 1.807) is 18.2 Å². The van der Waals surface area contributed by atoms with Crippen LogP contribution in [-0.4, -0.2) is 23.5 Å². The number of rotatable bonds is 3. The summed E-state index contributed by atoms with van der Waals surface area (Å²) in [6.07, 6.45) is 0. The Morgan fingerprint density at radius 3 is 2.69 bits per heavy atom. The lowest BCUT2D eigenvalue weighted by Crippen LogP contribution is -2.34. The van der Waals surface area contributed by atoms with Gasteiger partial charge in [-0.3, -0.25) is 4.79 Å². The van der Waals surface area contributed by atoms with Gasteiger partial charge in [0.2, 0.25) is 0 Å². The van der Waals surface area contributed by atoms with Crippen LogP contribution in [0.4, 0.5) is 0 Å². The smallest absolute Gasteiger partial charge is 0.182 e. The van der Waals surface area contributed by atoms with E-state index in [4.69, 9.17) is 10.8 Å². The summed E-state index contributed by atoms with van der Waals surface area (Å²) in [5, 5.41) is 8.70. The highest BCUT2D eigenvalue weighted by molar-refractivity contribution is 9.10. The molecule has 1 rings (SSSR count). The fourth-order valence-electron chi connectivity index (χ4n) is 0.944. The predicted octanol–water partition coefficient (Wildman–Crippen LogP) is 0.951. The standard InChI is InChI=1S/C9H10BrNO2/c10-7-4-2-1-3-6(7)9(13)8(11)5-12/h1-4,8,12H,5,11H2. The Morgan fingerprint density at radius 2 is 2.15 bits per heavy atom. The molecule has 3 N–H and O–H groups in total. The van der Waals surface area contributed by atoms with Gasteiger partial charge in [-0.25, -0.2) is 0 Å². The van der Waals surface area contributed by atoms with Crippen LogP contribution in [0.1, 0.15) is 10.4 Å². The molecule has 0 saturated carbocycles.